The minimum atomic E-state index is -3.63. The van der Waals surface area contributed by atoms with E-state index in [9.17, 15) is 13.2 Å². The third-order valence-corrected chi connectivity index (χ3v) is 7.38. The number of ether oxygens (including phenoxy) is 1. The first kappa shape index (κ1) is 21.8. The Bertz CT molecular complexity index is 1000. The van der Waals surface area contributed by atoms with Crippen LogP contribution in [0.1, 0.15) is 23.1 Å². The molecular formula is C21H25ClN2O4S. The van der Waals surface area contributed by atoms with E-state index in [2.05, 4.69) is 5.32 Å². The van der Waals surface area contributed by atoms with Gasteiger partial charge in [-0.25, -0.2) is 8.42 Å². The van der Waals surface area contributed by atoms with Gasteiger partial charge in [0.05, 0.1) is 18.1 Å². The van der Waals surface area contributed by atoms with Crippen LogP contribution in [0.25, 0.3) is 0 Å². The van der Waals surface area contributed by atoms with Crippen molar-refractivity contribution in [1.29, 1.82) is 0 Å². The lowest BCUT2D eigenvalue weighted by atomic mass is 10.1. The molecule has 1 fully saturated rings. The molecule has 1 aliphatic rings. The molecule has 6 nitrogen and oxygen atoms in total. The molecule has 2 aromatic rings. The van der Waals surface area contributed by atoms with Gasteiger partial charge < -0.3 is 10.1 Å². The molecule has 3 rings (SSSR count). The summed E-state index contributed by atoms with van der Waals surface area (Å²) in [5.74, 6) is -0.180. The molecule has 8 heteroatoms. The van der Waals surface area contributed by atoms with Gasteiger partial charge in [0, 0.05) is 30.2 Å². The first-order valence-corrected chi connectivity index (χ1v) is 11.3. The Morgan fingerprint density at radius 2 is 1.79 bits per heavy atom. The van der Waals surface area contributed by atoms with Crippen LogP contribution in [-0.4, -0.2) is 44.9 Å². The topological polar surface area (TPSA) is 75.7 Å². The molecule has 29 heavy (non-hydrogen) atoms. The zero-order chi connectivity index (χ0) is 21.0. The van der Waals surface area contributed by atoms with Gasteiger partial charge in [-0.3, -0.25) is 4.79 Å². The lowest BCUT2D eigenvalue weighted by molar-refractivity contribution is -0.116. The number of benzene rings is 2. The van der Waals surface area contributed by atoms with Crippen molar-refractivity contribution in [3.8, 4) is 0 Å². The van der Waals surface area contributed by atoms with Crippen molar-refractivity contribution in [2.24, 2.45) is 0 Å². The van der Waals surface area contributed by atoms with Gasteiger partial charge in [-0.05, 0) is 55.2 Å². The van der Waals surface area contributed by atoms with Crippen LogP contribution in [0.3, 0.4) is 0 Å². The van der Waals surface area contributed by atoms with Crippen molar-refractivity contribution in [2.75, 3.05) is 31.6 Å². The number of halogens is 1. The van der Waals surface area contributed by atoms with Crippen LogP contribution in [0.2, 0.25) is 5.02 Å². The highest BCUT2D eigenvalue weighted by atomic mass is 35.5. The van der Waals surface area contributed by atoms with Crippen molar-refractivity contribution in [1.82, 2.24) is 4.31 Å². The zero-order valence-corrected chi connectivity index (χ0v) is 18.1. The number of rotatable bonds is 6. The van der Waals surface area contributed by atoms with Gasteiger partial charge in [-0.15, -0.1) is 0 Å². The summed E-state index contributed by atoms with van der Waals surface area (Å²) in [5.41, 5.74) is 3.09. The molecule has 1 saturated heterocycles. The number of hydrogen-bond acceptors (Lipinski definition) is 4. The van der Waals surface area contributed by atoms with Crippen LogP contribution in [-0.2, 0) is 26.0 Å². The number of sulfonamides is 1. The Morgan fingerprint density at radius 1 is 1.10 bits per heavy atom. The summed E-state index contributed by atoms with van der Waals surface area (Å²) >= 11 is 6.13. The Hall–Kier alpha value is -1.93. The van der Waals surface area contributed by atoms with Gasteiger partial charge >= 0.3 is 0 Å². The molecule has 0 saturated carbocycles. The lowest BCUT2D eigenvalue weighted by Gasteiger charge is -2.26. The molecule has 156 valence electrons. The van der Waals surface area contributed by atoms with Crippen LogP contribution in [0.15, 0.2) is 41.3 Å². The van der Waals surface area contributed by atoms with E-state index in [0.29, 0.717) is 49.0 Å². The monoisotopic (exact) mass is 436 g/mol. The summed E-state index contributed by atoms with van der Waals surface area (Å²) in [6.07, 6.45) is 0.829. The molecule has 0 spiro atoms. The molecule has 0 radical (unpaired) electrons. The SMILES string of the molecule is Cc1ccc(CCC(=O)Nc2ccc(C)c(S(=O)(=O)N3CCOCC3)c2)cc1Cl. The smallest absolute Gasteiger partial charge is 0.243 e. The summed E-state index contributed by atoms with van der Waals surface area (Å²) < 4.78 is 32.6. The Kier molecular flexibility index (Phi) is 6.95. The number of nitrogens with one attached hydrogen (secondary N) is 1. The Morgan fingerprint density at radius 3 is 2.48 bits per heavy atom. The van der Waals surface area contributed by atoms with E-state index in [1.54, 1.807) is 19.1 Å². The maximum absolute atomic E-state index is 13.0. The predicted molar refractivity (Wildman–Crippen MR) is 114 cm³/mol. The molecule has 2 aromatic carbocycles. The van der Waals surface area contributed by atoms with Gasteiger partial charge in [0.1, 0.15) is 0 Å². The van der Waals surface area contributed by atoms with Crippen molar-refractivity contribution >= 4 is 33.2 Å². The molecule has 1 aliphatic heterocycles. The highest BCUT2D eigenvalue weighted by Crippen LogP contribution is 2.25. The van der Waals surface area contributed by atoms with E-state index < -0.39 is 10.0 Å². The fourth-order valence-corrected chi connectivity index (χ4v) is 5.02. The van der Waals surface area contributed by atoms with E-state index in [1.165, 1.54) is 10.4 Å². The molecule has 0 bridgehead atoms. The molecule has 1 amide bonds. The summed E-state index contributed by atoms with van der Waals surface area (Å²) in [6.45, 7) is 5.11. The van der Waals surface area contributed by atoms with E-state index in [-0.39, 0.29) is 17.2 Å². The first-order valence-electron chi connectivity index (χ1n) is 9.51. The molecule has 0 aliphatic carbocycles. The molecule has 0 aromatic heterocycles. The van der Waals surface area contributed by atoms with E-state index in [1.807, 2.05) is 25.1 Å². The maximum atomic E-state index is 13.0. The van der Waals surface area contributed by atoms with Crippen LogP contribution in [0, 0.1) is 13.8 Å². The quantitative estimate of drug-likeness (QED) is 0.751. The van der Waals surface area contributed by atoms with Crippen molar-refractivity contribution < 1.29 is 17.9 Å². The number of amides is 1. The number of hydrogen-bond donors (Lipinski definition) is 1. The average Bonchev–Trinajstić information content (AvgIpc) is 2.71. The normalized spacial score (nSPS) is 15.3. The largest absolute Gasteiger partial charge is 0.379 e. The summed E-state index contributed by atoms with van der Waals surface area (Å²) in [7, 11) is -3.63. The Labute approximate surface area is 176 Å². The first-order chi connectivity index (χ1) is 13.8. The van der Waals surface area contributed by atoms with Crippen molar-refractivity contribution in [3.63, 3.8) is 0 Å². The maximum Gasteiger partial charge on any atom is 0.243 e. The highest BCUT2D eigenvalue weighted by Gasteiger charge is 2.28. The highest BCUT2D eigenvalue weighted by molar-refractivity contribution is 7.89. The minimum absolute atomic E-state index is 0.180. The average molecular weight is 437 g/mol. The third-order valence-electron chi connectivity index (χ3n) is 4.94. The Balaban J connectivity index is 1.68. The van der Waals surface area contributed by atoms with E-state index >= 15 is 0 Å². The van der Waals surface area contributed by atoms with Crippen LogP contribution < -0.4 is 5.32 Å². The number of nitrogens with zero attached hydrogens (tertiary/aromatic N) is 1. The summed E-state index contributed by atoms with van der Waals surface area (Å²) in [5, 5.41) is 3.48. The van der Waals surface area contributed by atoms with Crippen LogP contribution in [0.4, 0.5) is 5.69 Å². The third kappa shape index (κ3) is 5.36. The predicted octanol–water partition coefficient (Wildman–Crippen LogP) is 3.55. The number of carbonyl (C=O) groups excluding carboxylic acids is 1. The second kappa shape index (κ2) is 9.26. The molecule has 0 unspecified atom stereocenters. The molecule has 1 N–H and O–H groups in total. The fourth-order valence-electron chi connectivity index (χ4n) is 3.16. The van der Waals surface area contributed by atoms with Gasteiger partial charge in [0.2, 0.25) is 15.9 Å². The van der Waals surface area contributed by atoms with E-state index in [4.69, 9.17) is 16.3 Å². The molecule has 1 heterocycles. The number of aryl methyl sites for hydroxylation is 3. The number of carbonyl (C=O) groups is 1. The fraction of sp³-hybridized carbons (Fsp3) is 0.381. The number of anilines is 1. The molecular weight excluding hydrogens is 412 g/mol. The second-order valence-corrected chi connectivity index (χ2v) is 9.44. The molecule has 0 atom stereocenters. The van der Waals surface area contributed by atoms with Gasteiger partial charge in [0.15, 0.2) is 0 Å². The van der Waals surface area contributed by atoms with Gasteiger partial charge in [-0.1, -0.05) is 29.8 Å². The summed E-state index contributed by atoms with van der Waals surface area (Å²) in [4.78, 5) is 12.6. The van der Waals surface area contributed by atoms with Crippen molar-refractivity contribution in [3.05, 3.63) is 58.1 Å². The second-order valence-electron chi connectivity index (χ2n) is 7.13. The lowest BCUT2D eigenvalue weighted by Crippen LogP contribution is -2.40. The van der Waals surface area contributed by atoms with Crippen LogP contribution in [0.5, 0.6) is 0 Å². The summed E-state index contributed by atoms with van der Waals surface area (Å²) in [6, 6.07) is 10.7. The number of morpholine rings is 1. The van der Waals surface area contributed by atoms with Crippen LogP contribution >= 0.6 is 11.6 Å². The van der Waals surface area contributed by atoms with Gasteiger partial charge in [-0.2, -0.15) is 4.31 Å². The van der Waals surface area contributed by atoms with Gasteiger partial charge in [0.25, 0.3) is 0 Å². The van der Waals surface area contributed by atoms with Crippen molar-refractivity contribution in [2.45, 2.75) is 31.6 Å². The zero-order valence-electron chi connectivity index (χ0n) is 16.6. The van der Waals surface area contributed by atoms with E-state index in [0.717, 1.165) is 11.1 Å². The standard InChI is InChI=1S/C21H25ClN2O4S/c1-15-3-5-17(13-19(15)22)6-8-21(25)23-18-7-4-16(2)20(14-18)29(26,27)24-9-11-28-12-10-24/h3-5,7,13-14H,6,8-12H2,1-2H3,(H,23,25). The minimum Gasteiger partial charge on any atom is -0.379 e.